The van der Waals surface area contributed by atoms with E-state index in [9.17, 15) is 26.8 Å². The summed E-state index contributed by atoms with van der Waals surface area (Å²) >= 11 is 0. The van der Waals surface area contributed by atoms with E-state index in [1.54, 1.807) is 0 Å². The van der Waals surface area contributed by atoms with Gasteiger partial charge in [0.15, 0.2) is 0 Å². The van der Waals surface area contributed by atoms with E-state index in [4.69, 9.17) is 0 Å². The topological polar surface area (TPSA) is 92.8 Å². The second-order valence-electron chi connectivity index (χ2n) is 5.24. The monoisotopic (exact) mass is 382 g/mol. The minimum atomic E-state index is -4.14. The molecule has 0 atom stereocenters. The summed E-state index contributed by atoms with van der Waals surface area (Å²) < 4.78 is 54.3. The first-order valence-electron chi connectivity index (χ1n) is 7.30. The molecule has 0 aromatic heterocycles. The van der Waals surface area contributed by atoms with Gasteiger partial charge in [-0.3, -0.25) is 9.59 Å². The van der Waals surface area contributed by atoms with Crippen molar-refractivity contribution in [2.75, 3.05) is 11.9 Å². The maximum atomic E-state index is 12.4. The standard InChI is InChI=1S/C16H12F2N2O5S/c17-16(18)25-12-7-3-2-6-11(12)19-14(21)9-20-15(22)10-5-1-4-8-13(10)26(20,23)24/h1-8,16H,9H2,(H,19,21). The van der Waals surface area contributed by atoms with Gasteiger partial charge in [-0.1, -0.05) is 24.3 Å². The van der Waals surface area contributed by atoms with Crippen LogP contribution in [-0.4, -0.2) is 37.7 Å². The SMILES string of the molecule is O=C(CN1C(=O)c2ccccc2S1(=O)=O)Nc1ccccc1OC(F)F. The number of anilines is 1. The van der Waals surface area contributed by atoms with Gasteiger partial charge in [-0.25, -0.2) is 12.7 Å². The lowest BCUT2D eigenvalue weighted by molar-refractivity contribution is -0.116. The van der Waals surface area contributed by atoms with Gasteiger partial charge in [-0.05, 0) is 24.3 Å². The third-order valence-corrected chi connectivity index (χ3v) is 5.36. The lowest BCUT2D eigenvalue weighted by atomic mass is 10.2. The van der Waals surface area contributed by atoms with Crippen LogP contribution in [0.1, 0.15) is 10.4 Å². The molecule has 1 heterocycles. The van der Waals surface area contributed by atoms with E-state index in [1.807, 2.05) is 0 Å². The molecule has 0 aliphatic carbocycles. The molecule has 0 saturated heterocycles. The van der Waals surface area contributed by atoms with Crippen LogP contribution in [0.3, 0.4) is 0 Å². The van der Waals surface area contributed by atoms with Crippen LogP contribution in [-0.2, 0) is 14.8 Å². The molecule has 0 unspecified atom stereocenters. The minimum Gasteiger partial charge on any atom is -0.433 e. The number of halogens is 2. The molecule has 0 bridgehead atoms. The Bertz CT molecular complexity index is 978. The van der Waals surface area contributed by atoms with Crippen molar-refractivity contribution in [3.63, 3.8) is 0 Å². The maximum absolute atomic E-state index is 12.4. The van der Waals surface area contributed by atoms with Gasteiger partial charge in [0.05, 0.1) is 11.3 Å². The second kappa shape index (κ2) is 6.71. The summed E-state index contributed by atoms with van der Waals surface area (Å²) in [4.78, 5) is 24.3. The summed E-state index contributed by atoms with van der Waals surface area (Å²) in [6.07, 6.45) is 0. The van der Waals surface area contributed by atoms with Crippen LogP contribution in [0.2, 0.25) is 0 Å². The summed E-state index contributed by atoms with van der Waals surface area (Å²) in [6, 6.07) is 11.0. The van der Waals surface area contributed by atoms with Gasteiger partial charge in [0, 0.05) is 0 Å². The number of hydrogen-bond donors (Lipinski definition) is 1. The number of nitrogens with one attached hydrogen (secondary N) is 1. The van der Waals surface area contributed by atoms with E-state index in [-0.39, 0.29) is 21.9 Å². The molecule has 2 amide bonds. The van der Waals surface area contributed by atoms with E-state index >= 15 is 0 Å². The summed E-state index contributed by atoms with van der Waals surface area (Å²) in [7, 11) is -4.14. The zero-order valence-corrected chi connectivity index (χ0v) is 13.9. The van der Waals surface area contributed by atoms with Crippen LogP contribution in [0.25, 0.3) is 0 Å². The number of amides is 2. The molecule has 7 nitrogen and oxygen atoms in total. The second-order valence-corrected chi connectivity index (χ2v) is 7.07. The number of para-hydroxylation sites is 2. The van der Waals surface area contributed by atoms with Crippen molar-refractivity contribution in [2.45, 2.75) is 11.5 Å². The Labute approximate surface area is 147 Å². The van der Waals surface area contributed by atoms with E-state index in [1.165, 1.54) is 48.5 Å². The lowest BCUT2D eigenvalue weighted by Crippen LogP contribution is -2.37. The zero-order valence-electron chi connectivity index (χ0n) is 13.1. The summed E-state index contributed by atoms with van der Waals surface area (Å²) in [5.74, 6) is -1.98. The molecule has 0 radical (unpaired) electrons. The Hall–Kier alpha value is -3.01. The Morgan fingerprint density at radius 1 is 1.12 bits per heavy atom. The third kappa shape index (κ3) is 3.23. The van der Waals surface area contributed by atoms with E-state index in [2.05, 4.69) is 10.1 Å². The molecule has 10 heteroatoms. The molecular weight excluding hydrogens is 370 g/mol. The largest absolute Gasteiger partial charge is 0.433 e. The lowest BCUT2D eigenvalue weighted by Gasteiger charge is -2.16. The zero-order chi connectivity index (χ0) is 18.9. The Morgan fingerprint density at radius 2 is 1.77 bits per heavy atom. The Balaban J connectivity index is 1.79. The molecule has 136 valence electrons. The van der Waals surface area contributed by atoms with Gasteiger partial charge in [-0.2, -0.15) is 8.78 Å². The van der Waals surface area contributed by atoms with Crippen molar-refractivity contribution >= 4 is 27.5 Å². The highest BCUT2D eigenvalue weighted by atomic mass is 32.2. The van der Waals surface area contributed by atoms with Gasteiger partial charge < -0.3 is 10.1 Å². The minimum absolute atomic E-state index is 0.0262. The van der Waals surface area contributed by atoms with Crippen LogP contribution in [0, 0.1) is 0 Å². The van der Waals surface area contributed by atoms with Gasteiger partial charge in [0.1, 0.15) is 17.2 Å². The first-order valence-corrected chi connectivity index (χ1v) is 8.74. The number of carbonyl (C=O) groups is 2. The number of rotatable bonds is 5. The van der Waals surface area contributed by atoms with Crippen LogP contribution < -0.4 is 10.1 Å². The van der Waals surface area contributed by atoms with Crippen LogP contribution in [0.15, 0.2) is 53.4 Å². The van der Waals surface area contributed by atoms with Crippen LogP contribution in [0.5, 0.6) is 5.75 Å². The Kier molecular flexibility index (Phi) is 4.60. The first kappa shape index (κ1) is 17.8. The summed E-state index contributed by atoms with van der Waals surface area (Å²) in [5, 5.41) is 2.27. The molecular formula is C16H12F2N2O5S. The number of nitrogens with zero attached hydrogens (tertiary/aromatic N) is 1. The molecule has 26 heavy (non-hydrogen) atoms. The average Bonchev–Trinajstić information content (AvgIpc) is 2.78. The normalized spacial score (nSPS) is 15.0. The smallest absolute Gasteiger partial charge is 0.387 e. The number of alkyl halides is 2. The van der Waals surface area contributed by atoms with Crippen molar-refractivity contribution in [3.8, 4) is 5.75 Å². The highest BCUT2D eigenvalue weighted by Crippen LogP contribution is 2.30. The fraction of sp³-hybridized carbons (Fsp3) is 0.125. The fourth-order valence-electron chi connectivity index (χ4n) is 2.48. The molecule has 1 N–H and O–H groups in total. The van der Waals surface area contributed by atoms with Crippen LogP contribution >= 0.6 is 0 Å². The Morgan fingerprint density at radius 3 is 2.46 bits per heavy atom. The third-order valence-electron chi connectivity index (χ3n) is 3.58. The number of hydrogen-bond acceptors (Lipinski definition) is 5. The maximum Gasteiger partial charge on any atom is 0.387 e. The predicted molar refractivity (Wildman–Crippen MR) is 86.4 cm³/mol. The highest BCUT2D eigenvalue weighted by molar-refractivity contribution is 7.90. The van der Waals surface area contributed by atoms with Crippen molar-refractivity contribution in [1.82, 2.24) is 4.31 Å². The number of ether oxygens (including phenoxy) is 1. The predicted octanol–water partition coefficient (Wildman–Crippen LogP) is 2.07. The summed E-state index contributed by atoms with van der Waals surface area (Å²) in [5.41, 5.74) is -0.0962. The molecule has 0 saturated carbocycles. The van der Waals surface area contributed by atoms with E-state index in [0.717, 1.165) is 0 Å². The highest BCUT2D eigenvalue weighted by Gasteiger charge is 2.41. The first-order chi connectivity index (χ1) is 12.3. The van der Waals surface area contributed by atoms with Crippen molar-refractivity contribution in [2.24, 2.45) is 0 Å². The molecule has 2 aromatic carbocycles. The van der Waals surface area contributed by atoms with E-state index < -0.39 is 35.0 Å². The van der Waals surface area contributed by atoms with Crippen molar-refractivity contribution < 1.29 is 31.5 Å². The van der Waals surface area contributed by atoms with Crippen molar-refractivity contribution in [3.05, 3.63) is 54.1 Å². The van der Waals surface area contributed by atoms with Crippen LogP contribution in [0.4, 0.5) is 14.5 Å². The fourth-order valence-corrected chi connectivity index (χ4v) is 4.00. The number of fused-ring (bicyclic) bond motifs is 1. The van der Waals surface area contributed by atoms with Crippen molar-refractivity contribution in [1.29, 1.82) is 0 Å². The number of carbonyl (C=O) groups excluding carboxylic acids is 2. The molecule has 0 fully saturated rings. The van der Waals surface area contributed by atoms with Gasteiger partial charge >= 0.3 is 6.61 Å². The number of benzene rings is 2. The van der Waals surface area contributed by atoms with E-state index in [0.29, 0.717) is 4.31 Å². The quantitative estimate of drug-likeness (QED) is 0.855. The molecule has 0 spiro atoms. The van der Waals surface area contributed by atoms with Gasteiger partial charge in [0.25, 0.3) is 15.9 Å². The summed E-state index contributed by atoms with van der Waals surface area (Å²) in [6.45, 7) is -3.89. The molecule has 1 aliphatic rings. The van der Waals surface area contributed by atoms with Gasteiger partial charge in [0.2, 0.25) is 5.91 Å². The molecule has 2 aromatic rings. The molecule has 3 rings (SSSR count). The number of sulfonamides is 1. The average molecular weight is 382 g/mol. The van der Waals surface area contributed by atoms with Gasteiger partial charge in [-0.15, -0.1) is 0 Å². The molecule has 1 aliphatic heterocycles.